The van der Waals surface area contributed by atoms with Crippen LogP contribution in [-0.2, 0) is 10.0 Å². The van der Waals surface area contributed by atoms with Crippen LogP contribution in [0.2, 0.25) is 0 Å². The molecule has 1 aliphatic rings. The first-order valence-corrected chi connectivity index (χ1v) is 9.03. The number of likely N-dealkylation sites (tertiary alicyclic amines) is 1. The molecule has 3 rings (SSSR count). The van der Waals surface area contributed by atoms with Crippen molar-refractivity contribution in [2.75, 3.05) is 13.1 Å². The molecule has 0 unspecified atom stereocenters. The van der Waals surface area contributed by atoms with Gasteiger partial charge < -0.3 is 9.32 Å². The van der Waals surface area contributed by atoms with Crippen LogP contribution in [0.3, 0.4) is 0 Å². The fraction of sp³-hybridized carbons (Fsp3) is 0.312. The lowest BCUT2D eigenvalue weighted by Crippen LogP contribution is -2.49. The van der Waals surface area contributed by atoms with E-state index in [1.165, 1.54) is 30.7 Å². The fourth-order valence-corrected chi connectivity index (χ4v) is 4.04. The molecule has 0 bridgehead atoms. The zero-order valence-corrected chi connectivity index (χ0v) is 13.6. The number of carbonyl (C=O) groups excluding carboxylic acids is 1. The molecule has 128 valence electrons. The van der Waals surface area contributed by atoms with Gasteiger partial charge in [-0.05, 0) is 37.1 Å². The van der Waals surface area contributed by atoms with Crippen molar-refractivity contribution in [2.24, 2.45) is 0 Å². The molecule has 1 atom stereocenters. The van der Waals surface area contributed by atoms with Gasteiger partial charge in [0.2, 0.25) is 10.0 Å². The van der Waals surface area contributed by atoms with Gasteiger partial charge in [0.05, 0.1) is 16.7 Å². The third-order valence-electron chi connectivity index (χ3n) is 3.90. The van der Waals surface area contributed by atoms with Crippen molar-refractivity contribution in [3.05, 3.63) is 54.2 Å². The first-order valence-electron chi connectivity index (χ1n) is 7.55. The largest absolute Gasteiger partial charge is 0.472 e. The minimum absolute atomic E-state index is 0.124. The highest BCUT2D eigenvalue weighted by Crippen LogP contribution is 2.17. The lowest BCUT2D eigenvalue weighted by Gasteiger charge is -2.32. The standard InChI is InChI=1S/C16H17FN2O4S/c17-13-3-1-5-15(9-13)24(21,22)18-14-4-2-7-19(10-14)16(20)12-6-8-23-11-12/h1,3,5-6,8-9,11,14,18H,2,4,7,10H2/t14-/m0/s1. The summed E-state index contributed by atoms with van der Waals surface area (Å²) in [5, 5.41) is 0. The SMILES string of the molecule is O=C(c1ccoc1)N1CCC[C@H](NS(=O)(=O)c2cccc(F)c2)C1. The van der Waals surface area contributed by atoms with E-state index >= 15 is 0 Å². The van der Waals surface area contributed by atoms with Crippen LogP contribution in [0.4, 0.5) is 4.39 Å². The molecule has 24 heavy (non-hydrogen) atoms. The van der Waals surface area contributed by atoms with Crippen LogP contribution in [0.5, 0.6) is 0 Å². The number of nitrogens with one attached hydrogen (secondary N) is 1. The van der Waals surface area contributed by atoms with Crippen LogP contribution >= 0.6 is 0 Å². The molecule has 1 aromatic heterocycles. The third-order valence-corrected chi connectivity index (χ3v) is 5.42. The molecular weight excluding hydrogens is 335 g/mol. The summed E-state index contributed by atoms with van der Waals surface area (Å²) in [6, 6.07) is 6.00. The van der Waals surface area contributed by atoms with Gasteiger partial charge in [-0.2, -0.15) is 0 Å². The summed E-state index contributed by atoms with van der Waals surface area (Å²) in [5.41, 5.74) is 0.434. The molecule has 1 aromatic carbocycles. The Labute approximate surface area is 139 Å². The first kappa shape index (κ1) is 16.7. The quantitative estimate of drug-likeness (QED) is 0.913. The van der Waals surface area contributed by atoms with E-state index in [-0.39, 0.29) is 17.3 Å². The van der Waals surface area contributed by atoms with Gasteiger partial charge in [0.25, 0.3) is 5.91 Å². The number of piperidine rings is 1. The van der Waals surface area contributed by atoms with Gasteiger partial charge in [-0.15, -0.1) is 0 Å². The monoisotopic (exact) mass is 352 g/mol. The number of hydrogen-bond donors (Lipinski definition) is 1. The molecular formula is C16H17FN2O4S. The summed E-state index contributed by atoms with van der Waals surface area (Å²) >= 11 is 0. The van der Waals surface area contributed by atoms with E-state index in [2.05, 4.69) is 4.72 Å². The van der Waals surface area contributed by atoms with Gasteiger partial charge in [-0.3, -0.25) is 4.79 Å². The molecule has 8 heteroatoms. The van der Waals surface area contributed by atoms with E-state index in [1.807, 2.05) is 0 Å². The fourth-order valence-electron chi connectivity index (χ4n) is 2.75. The maximum Gasteiger partial charge on any atom is 0.257 e. The topological polar surface area (TPSA) is 79.6 Å². The Balaban J connectivity index is 1.70. The van der Waals surface area contributed by atoms with Crippen molar-refractivity contribution in [3.8, 4) is 0 Å². The highest BCUT2D eigenvalue weighted by molar-refractivity contribution is 7.89. The summed E-state index contributed by atoms with van der Waals surface area (Å²) in [5.74, 6) is -0.809. The van der Waals surface area contributed by atoms with Gasteiger partial charge in [-0.1, -0.05) is 6.07 Å². The number of halogens is 1. The van der Waals surface area contributed by atoms with Crippen LogP contribution in [0.15, 0.2) is 52.2 Å². The van der Waals surface area contributed by atoms with Crippen molar-refractivity contribution >= 4 is 15.9 Å². The lowest BCUT2D eigenvalue weighted by atomic mass is 10.1. The zero-order chi connectivity index (χ0) is 17.2. The molecule has 1 amide bonds. The van der Waals surface area contributed by atoms with Crippen LogP contribution < -0.4 is 4.72 Å². The molecule has 1 aliphatic heterocycles. The number of benzene rings is 1. The predicted molar refractivity (Wildman–Crippen MR) is 84.4 cm³/mol. The summed E-state index contributed by atoms with van der Waals surface area (Å²) in [4.78, 5) is 13.8. The average molecular weight is 352 g/mol. The van der Waals surface area contributed by atoms with E-state index in [0.29, 0.717) is 24.9 Å². The van der Waals surface area contributed by atoms with Crippen LogP contribution in [0.1, 0.15) is 23.2 Å². The summed E-state index contributed by atoms with van der Waals surface area (Å²) in [7, 11) is -3.83. The average Bonchev–Trinajstić information content (AvgIpc) is 3.08. The van der Waals surface area contributed by atoms with E-state index in [9.17, 15) is 17.6 Å². The summed E-state index contributed by atoms with van der Waals surface area (Å²) in [6.07, 6.45) is 4.08. The van der Waals surface area contributed by atoms with Crippen LogP contribution in [0.25, 0.3) is 0 Å². The maximum atomic E-state index is 13.2. The van der Waals surface area contributed by atoms with Crippen LogP contribution in [-0.4, -0.2) is 38.4 Å². The third kappa shape index (κ3) is 3.65. The van der Waals surface area contributed by atoms with Crippen molar-refractivity contribution in [2.45, 2.75) is 23.8 Å². The Bertz CT molecular complexity index is 820. The van der Waals surface area contributed by atoms with Gasteiger partial charge >= 0.3 is 0 Å². The maximum absolute atomic E-state index is 13.2. The number of sulfonamides is 1. The number of nitrogens with zero attached hydrogens (tertiary/aromatic N) is 1. The summed E-state index contributed by atoms with van der Waals surface area (Å²) < 4.78 is 45.4. The molecule has 1 fully saturated rings. The Morgan fingerprint density at radius 1 is 1.33 bits per heavy atom. The van der Waals surface area contributed by atoms with Gasteiger partial charge in [0, 0.05) is 19.1 Å². The zero-order valence-electron chi connectivity index (χ0n) is 12.8. The number of furan rings is 1. The molecule has 1 saturated heterocycles. The van der Waals surface area contributed by atoms with Gasteiger partial charge in [0.1, 0.15) is 12.1 Å². The normalized spacial score (nSPS) is 18.5. The minimum atomic E-state index is -3.83. The molecule has 0 spiro atoms. The van der Waals surface area contributed by atoms with Gasteiger partial charge in [-0.25, -0.2) is 17.5 Å². The Hall–Kier alpha value is -2.19. The number of rotatable bonds is 4. The first-order chi connectivity index (χ1) is 11.5. The molecule has 2 aromatic rings. The van der Waals surface area contributed by atoms with E-state index < -0.39 is 21.9 Å². The van der Waals surface area contributed by atoms with Gasteiger partial charge in [0.15, 0.2) is 0 Å². The molecule has 0 radical (unpaired) electrons. The van der Waals surface area contributed by atoms with Crippen molar-refractivity contribution < 1.29 is 22.0 Å². The highest BCUT2D eigenvalue weighted by atomic mass is 32.2. The highest BCUT2D eigenvalue weighted by Gasteiger charge is 2.28. The second-order valence-electron chi connectivity index (χ2n) is 5.68. The Morgan fingerprint density at radius 2 is 2.17 bits per heavy atom. The lowest BCUT2D eigenvalue weighted by molar-refractivity contribution is 0.0702. The van der Waals surface area contributed by atoms with E-state index in [1.54, 1.807) is 11.0 Å². The molecule has 6 nitrogen and oxygen atoms in total. The molecule has 2 heterocycles. The number of amides is 1. The smallest absolute Gasteiger partial charge is 0.257 e. The summed E-state index contributed by atoms with van der Waals surface area (Å²) in [6.45, 7) is 0.820. The second-order valence-corrected chi connectivity index (χ2v) is 7.39. The predicted octanol–water partition coefficient (Wildman–Crippen LogP) is 2.00. The second kappa shape index (κ2) is 6.74. The van der Waals surface area contributed by atoms with Crippen LogP contribution in [0, 0.1) is 5.82 Å². The molecule has 1 N–H and O–H groups in total. The van der Waals surface area contributed by atoms with E-state index in [4.69, 9.17) is 4.42 Å². The Kier molecular flexibility index (Phi) is 4.68. The molecule has 0 saturated carbocycles. The van der Waals surface area contributed by atoms with E-state index in [0.717, 1.165) is 6.07 Å². The molecule has 0 aliphatic carbocycles. The van der Waals surface area contributed by atoms with Crippen molar-refractivity contribution in [1.82, 2.24) is 9.62 Å². The number of hydrogen-bond acceptors (Lipinski definition) is 4. The number of carbonyl (C=O) groups is 1. The Morgan fingerprint density at radius 3 is 2.88 bits per heavy atom. The van der Waals surface area contributed by atoms with Crippen molar-refractivity contribution in [1.29, 1.82) is 0 Å². The minimum Gasteiger partial charge on any atom is -0.472 e. The van der Waals surface area contributed by atoms with Crippen molar-refractivity contribution in [3.63, 3.8) is 0 Å².